The largest absolute Gasteiger partial charge is 0.0683 e. The van der Waals surface area contributed by atoms with E-state index in [2.05, 4.69) is 100 Å². The molecule has 4 aromatic rings. The van der Waals surface area contributed by atoms with E-state index < -0.39 is 0 Å². The van der Waals surface area contributed by atoms with Crippen molar-refractivity contribution in [3.63, 3.8) is 0 Å². The minimum atomic E-state index is 1.29. The van der Waals surface area contributed by atoms with Crippen LogP contribution in [0, 0.1) is 27.7 Å². The molecule has 0 aromatic heterocycles. The van der Waals surface area contributed by atoms with Gasteiger partial charge in [0.25, 0.3) is 0 Å². The van der Waals surface area contributed by atoms with Crippen LogP contribution in [0.5, 0.6) is 0 Å². The third-order valence-electron chi connectivity index (χ3n) is 4.32. The molecule has 0 aliphatic heterocycles. The van der Waals surface area contributed by atoms with Gasteiger partial charge in [0.05, 0.1) is 0 Å². The zero-order valence-electron chi connectivity index (χ0n) is 23.4. The van der Waals surface area contributed by atoms with Crippen molar-refractivity contribution in [1.29, 1.82) is 0 Å². The molecular formula is C34H48. The molecule has 0 saturated heterocycles. The van der Waals surface area contributed by atoms with Gasteiger partial charge in [0.1, 0.15) is 0 Å². The Bertz CT molecular complexity index is 822. The van der Waals surface area contributed by atoms with Crippen LogP contribution in [0.3, 0.4) is 0 Å². The fourth-order valence-corrected chi connectivity index (χ4v) is 2.56. The Morgan fingerprint density at radius 2 is 0.471 bits per heavy atom. The second-order valence-corrected chi connectivity index (χ2v) is 7.04. The van der Waals surface area contributed by atoms with Gasteiger partial charge in [-0.1, -0.05) is 173 Å². The van der Waals surface area contributed by atoms with Crippen molar-refractivity contribution < 1.29 is 0 Å². The zero-order chi connectivity index (χ0) is 26.2. The normalized spacial score (nSPS) is 8.29. The Kier molecular flexibility index (Phi) is 22.4. The van der Waals surface area contributed by atoms with E-state index in [0.29, 0.717) is 0 Å². The summed E-state index contributed by atoms with van der Waals surface area (Å²) in [6, 6.07) is 37.8. The Balaban J connectivity index is 0. The predicted molar refractivity (Wildman–Crippen MR) is 158 cm³/mol. The second-order valence-electron chi connectivity index (χ2n) is 7.04. The molecule has 0 saturated carbocycles. The fraction of sp³-hybridized carbons (Fsp3) is 0.294. The van der Waals surface area contributed by atoms with Crippen LogP contribution in [0.15, 0.2) is 109 Å². The molecule has 0 atom stereocenters. The third-order valence-corrected chi connectivity index (χ3v) is 4.32. The van der Waals surface area contributed by atoms with E-state index in [1.807, 2.05) is 77.9 Å². The van der Waals surface area contributed by atoms with Gasteiger partial charge >= 0.3 is 0 Å². The standard InChI is InChI=1S/C14H14.2C7H8.3C2H6/c1-11-3-7-13(8-4-11)14-9-5-12(2)6-10-14;2*1-7-5-3-2-4-6-7;3*1-2/h3-10H,1-2H3;2*2-6H,1H3;3*1-2H3. The lowest BCUT2D eigenvalue weighted by atomic mass is 10.0. The highest BCUT2D eigenvalue weighted by Crippen LogP contribution is 2.19. The van der Waals surface area contributed by atoms with E-state index >= 15 is 0 Å². The van der Waals surface area contributed by atoms with Crippen LogP contribution in [0.2, 0.25) is 0 Å². The summed E-state index contributed by atoms with van der Waals surface area (Å²) in [5, 5.41) is 0. The molecular weight excluding hydrogens is 408 g/mol. The van der Waals surface area contributed by atoms with Crippen LogP contribution >= 0.6 is 0 Å². The Labute approximate surface area is 211 Å². The Hall–Kier alpha value is -3.12. The van der Waals surface area contributed by atoms with Crippen LogP contribution in [0.25, 0.3) is 11.1 Å². The lowest BCUT2D eigenvalue weighted by Gasteiger charge is -2.02. The van der Waals surface area contributed by atoms with Crippen molar-refractivity contribution in [2.45, 2.75) is 69.2 Å². The predicted octanol–water partition coefficient (Wildman–Crippen LogP) is 11.0. The highest BCUT2D eigenvalue weighted by Gasteiger charge is 1.95. The maximum Gasteiger partial charge on any atom is -0.0184 e. The molecule has 0 fully saturated rings. The van der Waals surface area contributed by atoms with Crippen molar-refractivity contribution >= 4 is 0 Å². The number of rotatable bonds is 1. The van der Waals surface area contributed by atoms with E-state index in [-0.39, 0.29) is 0 Å². The molecule has 0 nitrogen and oxygen atoms in total. The van der Waals surface area contributed by atoms with E-state index in [1.54, 1.807) is 0 Å². The summed E-state index contributed by atoms with van der Waals surface area (Å²) in [7, 11) is 0. The first-order valence-electron chi connectivity index (χ1n) is 12.7. The zero-order valence-corrected chi connectivity index (χ0v) is 23.4. The summed E-state index contributed by atoms with van der Waals surface area (Å²) in [4.78, 5) is 0. The van der Waals surface area contributed by atoms with E-state index in [1.165, 1.54) is 33.4 Å². The van der Waals surface area contributed by atoms with Crippen LogP contribution in [-0.2, 0) is 0 Å². The van der Waals surface area contributed by atoms with Crippen molar-refractivity contribution in [2.75, 3.05) is 0 Å². The van der Waals surface area contributed by atoms with Gasteiger partial charge in [-0.05, 0) is 38.8 Å². The summed E-state index contributed by atoms with van der Waals surface area (Å²) in [5.41, 5.74) is 7.83. The smallest absolute Gasteiger partial charge is 0.0184 e. The van der Waals surface area contributed by atoms with Gasteiger partial charge in [-0.3, -0.25) is 0 Å². The number of aryl methyl sites for hydroxylation is 4. The first-order chi connectivity index (χ1) is 16.5. The van der Waals surface area contributed by atoms with Crippen molar-refractivity contribution in [3.8, 4) is 11.1 Å². The highest BCUT2D eigenvalue weighted by atomic mass is 14.0. The highest BCUT2D eigenvalue weighted by molar-refractivity contribution is 5.63. The van der Waals surface area contributed by atoms with Crippen LogP contribution in [0.1, 0.15) is 63.8 Å². The van der Waals surface area contributed by atoms with Gasteiger partial charge in [-0.15, -0.1) is 0 Å². The molecule has 4 rings (SSSR count). The molecule has 0 amide bonds. The third kappa shape index (κ3) is 16.5. The summed E-state index contributed by atoms with van der Waals surface area (Å²) >= 11 is 0. The van der Waals surface area contributed by atoms with E-state index in [9.17, 15) is 0 Å². The van der Waals surface area contributed by atoms with Crippen LogP contribution in [0.4, 0.5) is 0 Å². The Morgan fingerprint density at radius 3 is 0.647 bits per heavy atom. The Morgan fingerprint density at radius 1 is 0.265 bits per heavy atom. The molecule has 0 spiro atoms. The number of hydrogen-bond donors (Lipinski definition) is 0. The molecule has 0 heteroatoms. The summed E-state index contributed by atoms with van der Waals surface area (Å²) in [5.74, 6) is 0. The number of benzene rings is 4. The minimum absolute atomic E-state index is 1.29. The molecule has 0 unspecified atom stereocenters. The first-order valence-corrected chi connectivity index (χ1v) is 12.7. The van der Waals surface area contributed by atoms with Gasteiger partial charge < -0.3 is 0 Å². The van der Waals surface area contributed by atoms with Crippen molar-refractivity contribution in [2.24, 2.45) is 0 Å². The molecule has 0 bridgehead atoms. The first kappa shape index (κ1) is 33.1. The van der Waals surface area contributed by atoms with Gasteiger partial charge in [0.15, 0.2) is 0 Å². The van der Waals surface area contributed by atoms with Crippen molar-refractivity contribution in [3.05, 3.63) is 131 Å². The molecule has 0 heterocycles. The quantitative estimate of drug-likeness (QED) is 0.267. The second kappa shape index (κ2) is 23.1. The van der Waals surface area contributed by atoms with E-state index in [4.69, 9.17) is 0 Å². The topological polar surface area (TPSA) is 0 Å². The molecule has 4 aromatic carbocycles. The maximum absolute atomic E-state index is 2.17. The summed E-state index contributed by atoms with van der Waals surface area (Å²) < 4.78 is 0. The lowest BCUT2D eigenvalue weighted by Crippen LogP contribution is -1.78. The molecule has 184 valence electrons. The average molecular weight is 457 g/mol. The monoisotopic (exact) mass is 456 g/mol. The summed E-state index contributed by atoms with van der Waals surface area (Å²) in [6.07, 6.45) is 0. The molecule has 0 N–H and O–H groups in total. The van der Waals surface area contributed by atoms with E-state index in [0.717, 1.165) is 0 Å². The van der Waals surface area contributed by atoms with Gasteiger partial charge in [0, 0.05) is 0 Å². The van der Waals surface area contributed by atoms with Gasteiger partial charge in [0.2, 0.25) is 0 Å². The van der Waals surface area contributed by atoms with Crippen LogP contribution < -0.4 is 0 Å². The van der Waals surface area contributed by atoms with Gasteiger partial charge in [-0.25, -0.2) is 0 Å². The SMILES string of the molecule is CC.CC.CC.Cc1ccc(-c2ccc(C)cc2)cc1.Cc1ccccc1.Cc1ccccc1. The lowest BCUT2D eigenvalue weighted by molar-refractivity contribution is 1.45. The number of hydrogen-bond acceptors (Lipinski definition) is 0. The molecule has 0 aliphatic rings. The van der Waals surface area contributed by atoms with Crippen LogP contribution in [-0.4, -0.2) is 0 Å². The fourth-order valence-electron chi connectivity index (χ4n) is 2.56. The molecule has 34 heavy (non-hydrogen) atoms. The minimum Gasteiger partial charge on any atom is -0.0683 e. The van der Waals surface area contributed by atoms with Gasteiger partial charge in [-0.2, -0.15) is 0 Å². The summed E-state index contributed by atoms with van der Waals surface area (Å²) in [6.45, 7) is 20.4. The van der Waals surface area contributed by atoms with Crippen molar-refractivity contribution in [1.82, 2.24) is 0 Å². The molecule has 0 radical (unpaired) electrons. The maximum atomic E-state index is 2.17. The molecule has 0 aliphatic carbocycles. The average Bonchev–Trinajstić information content (AvgIpc) is 2.90.